The molecule has 1 amide bonds. The van der Waals surface area contributed by atoms with Gasteiger partial charge in [0, 0.05) is 44.3 Å². The highest BCUT2D eigenvalue weighted by Crippen LogP contribution is 2.19. The molecule has 0 aromatic carbocycles. The third-order valence-electron chi connectivity index (χ3n) is 2.95. The van der Waals surface area contributed by atoms with Gasteiger partial charge in [-0.2, -0.15) is 0 Å². The first-order valence-corrected chi connectivity index (χ1v) is 8.01. The van der Waals surface area contributed by atoms with E-state index in [0.29, 0.717) is 35.8 Å². The average Bonchev–Trinajstić information content (AvgIpc) is 2.64. The van der Waals surface area contributed by atoms with Crippen molar-refractivity contribution in [1.29, 1.82) is 0 Å². The first kappa shape index (κ1) is 17.8. The lowest BCUT2D eigenvalue weighted by Crippen LogP contribution is -2.30. The minimum atomic E-state index is -0.328. The van der Waals surface area contributed by atoms with Gasteiger partial charge in [-0.15, -0.1) is 0 Å². The van der Waals surface area contributed by atoms with Gasteiger partial charge in [0.2, 0.25) is 0 Å². The molecule has 0 spiro atoms. The number of amides is 1. The summed E-state index contributed by atoms with van der Waals surface area (Å²) in [6.07, 6.45) is 4.77. The van der Waals surface area contributed by atoms with E-state index in [1.165, 1.54) is 6.20 Å². The third kappa shape index (κ3) is 5.00. The topological polar surface area (TPSA) is 132 Å². The van der Waals surface area contributed by atoms with Gasteiger partial charge >= 0.3 is 0 Å². The van der Waals surface area contributed by atoms with Crippen LogP contribution in [0, 0.1) is 0 Å². The summed E-state index contributed by atoms with van der Waals surface area (Å²) in [5, 5.41) is 5.82. The van der Waals surface area contributed by atoms with Gasteiger partial charge in [-0.3, -0.25) is 9.78 Å². The van der Waals surface area contributed by atoms with Crippen molar-refractivity contribution in [3.63, 3.8) is 0 Å². The highest BCUT2D eigenvalue weighted by atomic mass is 79.9. The van der Waals surface area contributed by atoms with E-state index in [9.17, 15) is 4.79 Å². The first-order chi connectivity index (χ1) is 11.6. The molecule has 6 N–H and O–H groups in total. The van der Waals surface area contributed by atoms with Crippen molar-refractivity contribution in [2.75, 3.05) is 18.4 Å². The molecular formula is C15H18BrN7O. The Bertz CT molecular complexity index is 721. The number of hydrogen-bond donors (Lipinski definition) is 4. The minimum Gasteiger partial charge on any atom is -0.404 e. The van der Waals surface area contributed by atoms with Crippen LogP contribution in [0.25, 0.3) is 4.48 Å². The number of halogens is 1. The second kappa shape index (κ2) is 8.94. The average molecular weight is 392 g/mol. The van der Waals surface area contributed by atoms with Crippen LogP contribution >= 0.6 is 15.9 Å². The van der Waals surface area contributed by atoms with Gasteiger partial charge in [-0.05, 0) is 27.6 Å². The van der Waals surface area contributed by atoms with Gasteiger partial charge in [0.25, 0.3) is 5.91 Å². The molecule has 0 saturated heterocycles. The van der Waals surface area contributed by atoms with Crippen molar-refractivity contribution >= 4 is 32.1 Å². The lowest BCUT2D eigenvalue weighted by molar-refractivity contribution is 0.0949. The van der Waals surface area contributed by atoms with Crippen molar-refractivity contribution in [3.05, 3.63) is 53.9 Å². The van der Waals surface area contributed by atoms with Crippen LogP contribution in [0.3, 0.4) is 0 Å². The molecule has 2 aromatic heterocycles. The van der Waals surface area contributed by atoms with Gasteiger partial charge in [0.15, 0.2) is 5.82 Å². The van der Waals surface area contributed by atoms with E-state index in [-0.39, 0.29) is 11.6 Å². The smallest absolute Gasteiger partial charge is 0.270 e. The number of pyridine rings is 1. The van der Waals surface area contributed by atoms with Crippen molar-refractivity contribution < 1.29 is 4.79 Å². The van der Waals surface area contributed by atoms with Crippen LogP contribution in [0.2, 0.25) is 0 Å². The van der Waals surface area contributed by atoms with Crippen LogP contribution in [0.1, 0.15) is 21.9 Å². The molecule has 0 bridgehead atoms. The SMILES string of the molecule is NC=C(Br)c1nc(NCc2cccnc2)cc(C(=O)NCCN)n1. The van der Waals surface area contributed by atoms with Crippen LogP contribution in [-0.4, -0.2) is 33.9 Å². The molecule has 0 aliphatic carbocycles. The van der Waals surface area contributed by atoms with E-state index in [2.05, 4.69) is 41.5 Å². The quantitative estimate of drug-likeness (QED) is 0.549. The standard InChI is InChI=1S/C15H18BrN7O/c16-11(7-18)14-22-12(15(24)20-5-3-17)6-13(23-14)21-9-10-2-1-4-19-8-10/h1-2,4,6-8H,3,5,9,17-18H2,(H,20,24)(H,21,22,23). The number of aromatic nitrogens is 3. The Morgan fingerprint density at radius 3 is 2.88 bits per heavy atom. The van der Waals surface area contributed by atoms with Crippen molar-refractivity contribution in [2.45, 2.75) is 6.54 Å². The molecule has 2 heterocycles. The summed E-state index contributed by atoms with van der Waals surface area (Å²) in [6, 6.07) is 5.36. The molecule has 0 aliphatic rings. The van der Waals surface area contributed by atoms with Gasteiger partial charge in [0.05, 0.1) is 4.48 Å². The zero-order valence-corrected chi connectivity index (χ0v) is 14.5. The summed E-state index contributed by atoms with van der Waals surface area (Å²) in [4.78, 5) is 24.7. The molecule has 0 atom stereocenters. The molecule has 0 saturated carbocycles. The van der Waals surface area contributed by atoms with E-state index < -0.39 is 0 Å². The number of nitrogens with two attached hydrogens (primary N) is 2. The molecule has 9 heteroatoms. The number of carbonyl (C=O) groups is 1. The maximum Gasteiger partial charge on any atom is 0.270 e. The zero-order valence-electron chi connectivity index (χ0n) is 12.9. The number of carbonyl (C=O) groups excluding carboxylic acids is 1. The van der Waals surface area contributed by atoms with Crippen molar-refractivity contribution in [3.8, 4) is 0 Å². The van der Waals surface area contributed by atoms with E-state index in [1.54, 1.807) is 18.5 Å². The summed E-state index contributed by atoms with van der Waals surface area (Å²) >= 11 is 3.27. The van der Waals surface area contributed by atoms with E-state index in [1.807, 2.05) is 12.1 Å². The van der Waals surface area contributed by atoms with Crippen LogP contribution in [0.15, 0.2) is 36.8 Å². The highest BCUT2D eigenvalue weighted by molar-refractivity contribution is 9.15. The predicted molar refractivity (Wildman–Crippen MR) is 96.1 cm³/mol. The Kier molecular flexibility index (Phi) is 6.64. The summed E-state index contributed by atoms with van der Waals surface area (Å²) < 4.78 is 0.486. The molecule has 2 rings (SSSR count). The van der Waals surface area contributed by atoms with Gasteiger partial charge in [-0.25, -0.2) is 9.97 Å². The molecule has 0 fully saturated rings. The molecule has 24 heavy (non-hydrogen) atoms. The maximum atomic E-state index is 12.1. The molecule has 0 unspecified atom stereocenters. The van der Waals surface area contributed by atoms with E-state index in [4.69, 9.17) is 11.5 Å². The fourth-order valence-electron chi connectivity index (χ4n) is 1.81. The van der Waals surface area contributed by atoms with E-state index >= 15 is 0 Å². The summed E-state index contributed by atoms with van der Waals surface area (Å²) in [5.41, 5.74) is 12.1. The molecule has 0 radical (unpaired) electrons. The summed E-state index contributed by atoms with van der Waals surface area (Å²) in [6.45, 7) is 1.23. The van der Waals surface area contributed by atoms with Gasteiger partial charge < -0.3 is 22.1 Å². The second-order valence-corrected chi connectivity index (χ2v) is 5.59. The number of rotatable bonds is 7. The van der Waals surface area contributed by atoms with Crippen LogP contribution < -0.4 is 22.1 Å². The molecule has 2 aromatic rings. The molecule has 126 valence electrons. The van der Waals surface area contributed by atoms with Crippen molar-refractivity contribution in [2.24, 2.45) is 11.5 Å². The van der Waals surface area contributed by atoms with Crippen LogP contribution in [0.4, 0.5) is 5.82 Å². The largest absolute Gasteiger partial charge is 0.404 e. The Labute approximate surface area is 147 Å². The van der Waals surface area contributed by atoms with Crippen LogP contribution in [-0.2, 0) is 6.54 Å². The normalized spacial score (nSPS) is 11.2. The zero-order chi connectivity index (χ0) is 17.4. The van der Waals surface area contributed by atoms with Gasteiger partial charge in [-0.1, -0.05) is 6.07 Å². The fraction of sp³-hybridized carbons (Fsp3) is 0.200. The number of nitrogens with zero attached hydrogens (tertiary/aromatic N) is 3. The monoisotopic (exact) mass is 391 g/mol. The fourth-order valence-corrected chi connectivity index (χ4v) is 1.98. The Morgan fingerprint density at radius 2 is 2.21 bits per heavy atom. The number of nitrogens with one attached hydrogen (secondary N) is 2. The number of hydrogen-bond acceptors (Lipinski definition) is 7. The van der Waals surface area contributed by atoms with E-state index in [0.717, 1.165) is 5.56 Å². The predicted octanol–water partition coefficient (Wildman–Crippen LogP) is 0.824. The lowest BCUT2D eigenvalue weighted by Gasteiger charge is -2.10. The number of anilines is 1. The lowest BCUT2D eigenvalue weighted by atomic mass is 10.3. The molecule has 0 aliphatic heterocycles. The van der Waals surface area contributed by atoms with Crippen LogP contribution in [0.5, 0.6) is 0 Å². The molecular weight excluding hydrogens is 374 g/mol. The summed E-state index contributed by atoms with van der Waals surface area (Å²) in [5.74, 6) is 0.484. The third-order valence-corrected chi connectivity index (χ3v) is 3.56. The minimum absolute atomic E-state index is 0.223. The second-order valence-electron chi connectivity index (χ2n) is 4.74. The van der Waals surface area contributed by atoms with Crippen molar-refractivity contribution in [1.82, 2.24) is 20.3 Å². The highest BCUT2D eigenvalue weighted by Gasteiger charge is 2.13. The Balaban J connectivity index is 2.23. The Hall–Kier alpha value is -2.52. The summed E-state index contributed by atoms with van der Waals surface area (Å²) in [7, 11) is 0. The first-order valence-electron chi connectivity index (χ1n) is 7.22. The van der Waals surface area contributed by atoms with Gasteiger partial charge in [0.1, 0.15) is 11.5 Å². The Morgan fingerprint density at radius 1 is 1.38 bits per heavy atom. The molecule has 8 nitrogen and oxygen atoms in total. The maximum absolute atomic E-state index is 12.1.